The predicted octanol–water partition coefficient (Wildman–Crippen LogP) is 7.65. The van der Waals surface area contributed by atoms with E-state index in [1.54, 1.807) is 0 Å². The Morgan fingerprint density at radius 3 is 1.30 bits per heavy atom. The second-order valence-electron chi connectivity index (χ2n) is 7.31. The lowest BCUT2D eigenvalue weighted by Crippen LogP contribution is -2.74. The van der Waals surface area contributed by atoms with E-state index in [0.717, 1.165) is 24.3 Å². The summed E-state index contributed by atoms with van der Waals surface area (Å²) in [7, 11) is 0.484. The number of benzene rings is 1. The van der Waals surface area contributed by atoms with Gasteiger partial charge in [0.2, 0.25) is 0 Å². The van der Waals surface area contributed by atoms with Crippen LogP contribution in [0.4, 0.5) is 74.6 Å². The molecule has 0 heterocycles. The van der Waals surface area contributed by atoms with Gasteiger partial charge in [-0.05, 0) is 17.7 Å². The van der Waals surface area contributed by atoms with Gasteiger partial charge in [0.05, 0.1) is 17.7 Å². The molecular weight excluding hydrogens is 569 g/mol. The van der Waals surface area contributed by atoms with Crippen LogP contribution < -0.4 is 0 Å². The second kappa shape index (κ2) is 9.34. The normalized spacial score (nSPS) is 15.9. The van der Waals surface area contributed by atoms with Crippen LogP contribution in [-0.4, -0.2) is 54.7 Å². The summed E-state index contributed by atoms with van der Waals surface area (Å²) in [6.07, 6.45) is -13.0. The molecule has 1 atom stereocenters. The van der Waals surface area contributed by atoms with Gasteiger partial charge in [-0.2, -0.15) is 79.9 Å². The van der Waals surface area contributed by atoms with Crippen molar-refractivity contribution in [2.24, 2.45) is 0 Å². The molecule has 0 aliphatic carbocycles. The third-order valence-corrected chi connectivity index (χ3v) is 4.92. The lowest BCUT2D eigenvalue weighted by atomic mass is 9.87. The molecule has 0 bridgehead atoms. The first-order valence-electron chi connectivity index (χ1n) is 8.95. The van der Waals surface area contributed by atoms with Crippen LogP contribution >= 0.6 is 0 Å². The summed E-state index contributed by atoms with van der Waals surface area (Å²) in [5, 5.41) is 8.62. The molecule has 0 aliphatic heterocycles. The van der Waals surface area contributed by atoms with Crippen LogP contribution in [0.2, 0.25) is 0 Å². The van der Waals surface area contributed by atoms with E-state index in [9.17, 15) is 74.6 Å². The molecule has 0 fully saturated rings. The van der Waals surface area contributed by atoms with E-state index in [4.69, 9.17) is 5.26 Å². The Labute approximate surface area is 194 Å². The van der Waals surface area contributed by atoms with Crippen LogP contribution in [-0.2, 0) is 4.74 Å². The van der Waals surface area contributed by atoms with Crippen LogP contribution in [0.25, 0.3) is 0 Å². The van der Waals surface area contributed by atoms with E-state index < -0.39 is 65.7 Å². The van der Waals surface area contributed by atoms with Crippen LogP contribution in [0.1, 0.15) is 23.7 Å². The Bertz CT molecular complexity index is 991. The Morgan fingerprint density at radius 2 is 0.973 bits per heavy atom. The molecule has 37 heavy (non-hydrogen) atoms. The maximum atomic E-state index is 14.1. The maximum absolute atomic E-state index is 14.1. The third-order valence-electron chi connectivity index (χ3n) is 4.92. The Kier molecular flexibility index (Phi) is 8.21. The van der Waals surface area contributed by atoms with E-state index in [2.05, 4.69) is 4.74 Å². The largest absolute Gasteiger partial charge is 0.460 e. The van der Waals surface area contributed by atoms with E-state index >= 15 is 0 Å². The average Bonchev–Trinajstić information content (AvgIpc) is 2.75. The van der Waals surface area contributed by atoms with Gasteiger partial charge in [-0.3, -0.25) is 0 Å². The molecule has 1 aromatic rings. The minimum absolute atomic E-state index is 0.166. The summed E-state index contributed by atoms with van der Waals surface area (Å²) in [6.45, 7) is 0. The zero-order valence-corrected chi connectivity index (χ0v) is 17.4. The summed E-state index contributed by atoms with van der Waals surface area (Å²) >= 11 is 0. The van der Waals surface area contributed by atoms with Crippen molar-refractivity contribution in [3.05, 3.63) is 35.4 Å². The zero-order valence-electron chi connectivity index (χ0n) is 17.4. The SMILES string of the molecule is COC(CC(F)(F)C(F)(F)C(F)(F)C(F)(F)C(F)(F)C(F)(F)C(F)(F)C(F)(F)F)c1ccc(C#N)cc1. The predicted molar refractivity (Wildman–Crippen MR) is 86.2 cm³/mol. The fourth-order valence-electron chi connectivity index (χ4n) is 2.67. The van der Waals surface area contributed by atoms with Crippen LogP contribution in [0.15, 0.2) is 24.3 Å². The minimum Gasteiger partial charge on any atom is -0.377 e. The standard InChI is InChI=1S/C18H10F17NO/c1-37-10(9-4-2-8(7-36)3-5-9)6-11(19,20)12(21,22)13(23,24)14(25,26)15(27,28)16(29,30)17(31,32)18(33,34)35/h2-5,10H,6H2,1H3. The first-order valence-corrected chi connectivity index (χ1v) is 8.95. The van der Waals surface area contributed by atoms with Crippen LogP contribution in [0, 0.1) is 11.3 Å². The molecule has 2 nitrogen and oxygen atoms in total. The molecule has 1 unspecified atom stereocenters. The van der Waals surface area contributed by atoms with Gasteiger partial charge >= 0.3 is 47.6 Å². The van der Waals surface area contributed by atoms with Gasteiger partial charge in [0.1, 0.15) is 0 Å². The van der Waals surface area contributed by atoms with Gasteiger partial charge in [0.25, 0.3) is 0 Å². The molecule has 0 N–H and O–H groups in total. The summed E-state index contributed by atoms with van der Waals surface area (Å²) in [6, 6.07) is 4.67. The lowest BCUT2D eigenvalue weighted by Gasteiger charge is -2.43. The molecule has 1 rings (SSSR count). The van der Waals surface area contributed by atoms with Crippen molar-refractivity contribution in [1.29, 1.82) is 5.26 Å². The quantitative estimate of drug-likeness (QED) is 0.267. The number of nitriles is 1. The van der Waals surface area contributed by atoms with Gasteiger partial charge in [-0.15, -0.1) is 0 Å². The average molecular weight is 579 g/mol. The van der Waals surface area contributed by atoms with Crippen molar-refractivity contribution in [3.63, 3.8) is 0 Å². The van der Waals surface area contributed by atoms with Crippen LogP contribution in [0.5, 0.6) is 0 Å². The molecular formula is C18H10F17NO. The molecule has 1 aromatic carbocycles. The molecule has 0 saturated carbocycles. The summed E-state index contributed by atoms with van der Waals surface area (Å²) in [5.74, 6) is -56.8. The maximum Gasteiger partial charge on any atom is 0.460 e. The van der Waals surface area contributed by atoms with E-state index in [1.165, 1.54) is 6.07 Å². The van der Waals surface area contributed by atoms with Crippen LogP contribution in [0.3, 0.4) is 0 Å². The highest BCUT2D eigenvalue weighted by molar-refractivity contribution is 5.32. The molecule has 0 aliphatic rings. The molecule has 0 radical (unpaired) electrons. The summed E-state index contributed by atoms with van der Waals surface area (Å²) < 4.78 is 231. The van der Waals surface area contributed by atoms with E-state index in [-0.39, 0.29) is 5.56 Å². The van der Waals surface area contributed by atoms with E-state index in [0.29, 0.717) is 7.11 Å². The third kappa shape index (κ3) is 4.76. The van der Waals surface area contributed by atoms with Crippen molar-refractivity contribution in [2.45, 2.75) is 60.2 Å². The number of rotatable bonds is 10. The van der Waals surface area contributed by atoms with Gasteiger partial charge in [-0.1, -0.05) is 12.1 Å². The van der Waals surface area contributed by atoms with Crippen molar-refractivity contribution in [3.8, 4) is 6.07 Å². The number of halogens is 17. The van der Waals surface area contributed by atoms with Gasteiger partial charge in [-0.25, -0.2) is 0 Å². The van der Waals surface area contributed by atoms with Crippen molar-refractivity contribution in [1.82, 2.24) is 0 Å². The Hall–Kier alpha value is -2.52. The fraction of sp³-hybridized carbons (Fsp3) is 0.611. The molecule has 212 valence electrons. The lowest BCUT2D eigenvalue weighted by molar-refractivity contribution is -0.462. The van der Waals surface area contributed by atoms with Gasteiger partial charge in [0.15, 0.2) is 0 Å². The molecule has 0 spiro atoms. The smallest absolute Gasteiger partial charge is 0.377 e. The highest BCUT2D eigenvalue weighted by Gasteiger charge is 2.95. The van der Waals surface area contributed by atoms with Crippen molar-refractivity contribution >= 4 is 0 Å². The topological polar surface area (TPSA) is 33.0 Å². The fourth-order valence-corrected chi connectivity index (χ4v) is 2.67. The molecule has 0 amide bonds. The first kappa shape index (κ1) is 32.5. The number of nitrogens with zero attached hydrogens (tertiary/aromatic N) is 1. The monoisotopic (exact) mass is 579 g/mol. The number of ether oxygens (including phenoxy) is 1. The highest BCUT2D eigenvalue weighted by Crippen LogP contribution is 2.64. The second-order valence-corrected chi connectivity index (χ2v) is 7.31. The summed E-state index contributed by atoms with van der Waals surface area (Å²) in [5.41, 5.74) is -0.769. The molecule has 0 aromatic heterocycles. The number of alkyl halides is 17. The van der Waals surface area contributed by atoms with E-state index in [1.807, 2.05) is 0 Å². The summed E-state index contributed by atoms with van der Waals surface area (Å²) in [4.78, 5) is 0. The number of hydrogen-bond donors (Lipinski definition) is 0. The zero-order chi connectivity index (χ0) is 29.7. The molecule has 0 saturated heterocycles. The first-order chi connectivity index (χ1) is 16.2. The van der Waals surface area contributed by atoms with Gasteiger partial charge in [0, 0.05) is 13.5 Å². The van der Waals surface area contributed by atoms with Gasteiger partial charge < -0.3 is 4.74 Å². The number of hydrogen-bond acceptors (Lipinski definition) is 2. The Morgan fingerprint density at radius 1 is 0.622 bits per heavy atom. The highest BCUT2D eigenvalue weighted by atomic mass is 19.4. The minimum atomic E-state index is -8.67. The van der Waals surface area contributed by atoms with Crippen molar-refractivity contribution in [2.75, 3.05) is 7.11 Å². The number of methoxy groups -OCH3 is 1. The Balaban J connectivity index is 3.56. The molecule has 19 heteroatoms. The van der Waals surface area contributed by atoms with Crippen molar-refractivity contribution < 1.29 is 79.4 Å².